The maximum absolute atomic E-state index is 6.59. The Morgan fingerprint density at radius 3 is 1.93 bits per heavy atom. The van der Waals surface area contributed by atoms with Crippen molar-refractivity contribution in [2.75, 3.05) is 4.90 Å². The lowest BCUT2D eigenvalue weighted by molar-refractivity contribution is 0.660. The molecule has 0 fully saturated rings. The lowest BCUT2D eigenvalue weighted by Gasteiger charge is -2.29. The van der Waals surface area contributed by atoms with Gasteiger partial charge in [-0.25, -0.2) is 0 Å². The van der Waals surface area contributed by atoms with E-state index in [1.165, 1.54) is 82.3 Å². The van der Waals surface area contributed by atoms with Crippen molar-refractivity contribution in [1.82, 2.24) is 4.57 Å². The summed E-state index contributed by atoms with van der Waals surface area (Å²) in [5.74, 6) is 0. The molecule has 11 aromatic carbocycles. The lowest BCUT2D eigenvalue weighted by atomic mass is 9.82. The molecule has 0 saturated heterocycles. The van der Waals surface area contributed by atoms with Gasteiger partial charge in [0.15, 0.2) is 0 Å². The van der Waals surface area contributed by atoms with Crippen LogP contribution in [0.5, 0.6) is 0 Å². The molecule has 0 spiro atoms. The monoisotopic (exact) mass is 868 g/mol. The van der Waals surface area contributed by atoms with Gasteiger partial charge in [-0.15, -0.1) is 0 Å². The number of aromatic nitrogens is 1. The summed E-state index contributed by atoms with van der Waals surface area (Å²) in [5.41, 5.74) is 18.2. The van der Waals surface area contributed by atoms with E-state index in [-0.39, 0.29) is 5.41 Å². The molecule has 0 radical (unpaired) electrons. The number of rotatable bonds is 6. The van der Waals surface area contributed by atoms with Crippen LogP contribution >= 0.6 is 0 Å². The van der Waals surface area contributed by atoms with E-state index in [1.807, 2.05) is 0 Å². The van der Waals surface area contributed by atoms with Crippen molar-refractivity contribution in [2.45, 2.75) is 19.3 Å². The van der Waals surface area contributed by atoms with Crippen molar-refractivity contribution in [2.24, 2.45) is 0 Å². The minimum atomic E-state index is -0.177. The van der Waals surface area contributed by atoms with Gasteiger partial charge < -0.3 is 13.9 Å². The van der Waals surface area contributed by atoms with Crippen molar-refractivity contribution in [3.8, 4) is 39.1 Å². The van der Waals surface area contributed by atoms with Gasteiger partial charge in [0.25, 0.3) is 0 Å². The maximum Gasteiger partial charge on any atom is 0.137 e. The topological polar surface area (TPSA) is 21.3 Å². The number of furan rings is 1. The van der Waals surface area contributed by atoms with E-state index in [0.717, 1.165) is 50.2 Å². The second-order valence-corrected chi connectivity index (χ2v) is 18.9. The highest BCUT2D eigenvalue weighted by Gasteiger charge is 2.36. The van der Waals surface area contributed by atoms with E-state index in [9.17, 15) is 0 Å². The Hall–Kier alpha value is -8.66. The Labute approximate surface area is 394 Å². The summed E-state index contributed by atoms with van der Waals surface area (Å²) in [7, 11) is 0. The number of benzene rings is 11. The average molecular weight is 869 g/mol. The van der Waals surface area contributed by atoms with Crippen LogP contribution in [0.15, 0.2) is 235 Å². The van der Waals surface area contributed by atoms with E-state index in [2.05, 4.69) is 254 Å². The van der Waals surface area contributed by atoms with Gasteiger partial charge >= 0.3 is 0 Å². The minimum Gasteiger partial charge on any atom is -0.456 e. The molecule has 2 aromatic heterocycles. The molecule has 0 saturated carbocycles. The van der Waals surface area contributed by atoms with Gasteiger partial charge in [0, 0.05) is 44.2 Å². The predicted octanol–water partition coefficient (Wildman–Crippen LogP) is 18.1. The van der Waals surface area contributed by atoms with E-state index >= 15 is 0 Å². The van der Waals surface area contributed by atoms with Gasteiger partial charge in [-0.05, 0) is 127 Å². The van der Waals surface area contributed by atoms with E-state index in [0.29, 0.717) is 0 Å². The molecule has 0 atom stereocenters. The molecular weight excluding hydrogens is 825 g/mol. The molecule has 2 heterocycles. The largest absolute Gasteiger partial charge is 0.456 e. The van der Waals surface area contributed by atoms with Gasteiger partial charge in [0.05, 0.1) is 22.1 Å². The molecule has 1 aliphatic rings. The zero-order valence-electron chi connectivity index (χ0n) is 37.7. The van der Waals surface area contributed by atoms with Crippen LogP contribution in [-0.2, 0) is 5.41 Å². The first-order valence-electron chi connectivity index (χ1n) is 23.6. The van der Waals surface area contributed by atoms with Crippen molar-refractivity contribution < 1.29 is 4.42 Å². The minimum absolute atomic E-state index is 0.177. The second kappa shape index (κ2) is 14.7. The van der Waals surface area contributed by atoms with Crippen molar-refractivity contribution >= 4 is 82.4 Å². The number of hydrogen-bond donors (Lipinski definition) is 0. The van der Waals surface area contributed by atoms with Crippen LogP contribution in [-0.4, -0.2) is 4.57 Å². The highest BCUT2D eigenvalue weighted by atomic mass is 16.3. The first kappa shape index (κ1) is 38.6. The number of nitrogens with zero attached hydrogens (tertiary/aromatic N) is 2. The molecule has 0 aliphatic heterocycles. The Morgan fingerprint density at radius 1 is 0.397 bits per heavy atom. The quantitative estimate of drug-likeness (QED) is 0.155. The zero-order valence-corrected chi connectivity index (χ0v) is 37.7. The summed E-state index contributed by atoms with van der Waals surface area (Å²) in [5, 5.41) is 9.53. The van der Waals surface area contributed by atoms with E-state index < -0.39 is 0 Å². The molecule has 3 nitrogen and oxygen atoms in total. The number of hydrogen-bond acceptors (Lipinski definition) is 2. The third-order valence-electron chi connectivity index (χ3n) is 14.7. The molecule has 0 N–H and O–H groups in total. The SMILES string of the molecule is CC1(C)c2ccccc2-c2ccc(N(c3ccc4c5cc(-c6ccccc6)cc(-c6ccccc6)c5n(-c5ccc6c(ccc7ccccc76)c5)c4c3)c3cccc4oc5ccccc5c34)cc21. The van der Waals surface area contributed by atoms with Crippen molar-refractivity contribution in [1.29, 1.82) is 0 Å². The molecule has 68 heavy (non-hydrogen) atoms. The Bertz CT molecular complexity index is 4180. The average Bonchev–Trinajstić information content (AvgIpc) is 4.02. The normalized spacial score (nSPS) is 13.0. The summed E-state index contributed by atoms with van der Waals surface area (Å²) < 4.78 is 9.11. The third-order valence-corrected chi connectivity index (χ3v) is 14.7. The number of anilines is 3. The summed E-state index contributed by atoms with van der Waals surface area (Å²) in [4.78, 5) is 2.46. The summed E-state index contributed by atoms with van der Waals surface area (Å²) in [6.45, 7) is 4.72. The fourth-order valence-corrected chi connectivity index (χ4v) is 11.5. The molecule has 13 aromatic rings. The smallest absolute Gasteiger partial charge is 0.137 e. The summed E-state index contributed by atoms with van der Waals surface area (Å²) in [6, 6.07) is 84.7. The van der Waals surface area contributed by atoms with E-state index in [4.69, 9.17) is 4.42 Å². The number of fused-ring (bicyclic) bond motifs is 12. The fourth-order valence-electron chi connectivity index (χ4n) is 11.5. The van der Waals surface area contributed by atoms with Crippen LogP contribution in [0.3, 0.4) is 0 Å². The van der Waals surface area contributed by atoms with Gasteiger partial charge in [-0.3, -0.25) is 0 Å². The van der Waals surface area contributed by atoms with E-state index in [1.54, 1.807) is 0 Å². The van der Waals surface area contributed by atoms with Crippen molar-refractivity contribution in [3.05, 3.63) is 242 Å². The predicted molar refractivity (Wildman–Crippen MR) is 286 cm³/mol. The molecule has 0 unspecified atom stereocenters. The molecule has 14 rings (SSSR count). The Morgan fingerprint density at radius 2 is 1.06 bits per heavy atom. The Kier molecular flexibility index (Phi) is 8.33. The van der Waals surface area contributed by atoms with Gasteiger partial charge in [0.1, 0.15) is 11.2 Å². The number of para-hydroxylation sites is 1. The highest BCUT2D eigenvalue weighted by Crippen LogP contribution is 2.52. The highest BCUT2D eigenvalue weighted by molar-refractivity contribution is 6.18. The van der Waals surface area contributed by atoms with Gasteiger partial charge in [-0.1, -0.05) is 178 Å². The molecule has 3 heteroatoms. The van der Waals surface area contributed by atoms with Crippen LogP contribution in [0.2, 0.25) is 0 Å². The molecule has 0 amide bonds. The van der Waals surface area contributed by atoms with Crippen LogP contribution in [0.1, 0.15) is 25.0 Å². The molecule has 0 bridgehead atoms. The second-order valence-electron chi connectivity index (χ2n) is 18.9. The third kappa shape index (κ3) is 5.72. The van der Waals surface area contributed by atoms with Crippen LogP contribution < -0.4 is 4.90 Å². The van der Waals surface area contributed by atoms with Crippen LogP contribution in [0.25, 0.3) is 104 Å². The maximum atomic E-state index is 6.59. The van der Waals surface area contributed by atoms with Gasteiger partial charge in [0.2, 0.25) is 0 Å². The van der Waals surface area contributed by atoms with Crippen LogP contribution in [0, 0.1) is 0 Å². The molecule has 1 aliphatic carbocycles. The first-order chi connectivity index (χ1) is 33.5. The molecule has 320 valence electrons. The van der Waals surface area contributed by atoms with Crippen LogP contribution in [0.4, 0.5) is 17.1 Å². The standard InChI is InChI=1S/C65H44N2O/c1-65(2)57-24-13-11-22-51(57)52-34-31-47(39-58(52)65)66(59-25-15-27-62-63(59)54-23-12-14-26-61(54)68-62)48-32-35-53-56-38-45(41-16-5-3-6-17-41)37-55(42-18-7-4-8-19-42)64(56)67(60(53)40-48)46-30-33-50-44(36-46)29-28-43-20-9-10-21-49(43)50/h3-40H,1-2H3. The fraction of sp³-hybridized carbons (Fsp3) is 0.0462. The Balaban J connectivity index is 1.09. The first-order valence-corrected chi connectivity index (χ1v) is 23.6. The summed E-state index contributed by atoms with van der Waals surface area (Å²) in [6.07, 6.45) is 0. The van der Waals surface area contributed by atoms with Gasteiger partial charge in [-0.2, -0.15) is 0 Å². The summed E-state index contributed by atoms with van der Waals surface area (Å²) >= 11 is 0. The molecular formula is C65H44N2O. The zero-order chi connectivity index (χ0) is 45.1. The van der Waals surface area contributed by atoms with Crippen molar-refractivity contribution in [3.63, 3.8) is 0 Å². The lowest BCUT2D eigenvalue weighted by Crippen LogP contribution is -2.16.